The van der Waals surface area contributed by atoms with E-state index in [1.54, 1.807) is 0 Å². The lowest BCUT2D eigenvalue weighted by atomic mass is 9.75. The van der Waals surface area contributed by atoms with Crippen LogP contribution >= 0.6 is 15.9 Å². The number of nitrogens with zero attached hydrogens (tertiary/aromatic N) is 1. The molecule has 0 unspecified atom stereocenters. The van der Waals surface area contributed by atoms with Gasteiger partial charge < -0.3 is 5.32 Å². The molecule has 1 fully saturated rings. The SMILES string of the molecule is C[C@@H](NC1CC(c2cccc(Br)c2)C1)c1ccncc1. The number of halogens is 1. The minimum Gasteiger partial charge on any atom is -0.307 e. The average Bonchev–Trinajstić information content (AvgIpc) is 2.43. The highest BCUT2D eigenvalue weighted by Gasteiger charge is 2.31. The van der Waals surface area contributed by atoms with Gasteiger partial charge in [0.25, 0.3) is 0 Å². The van der Waals surface area contributed by atoms with E-state index < -0.39 is 0 Å². The molecule has 104 valence electrons. The van der Waals surface area contributed by atoms with Crippen LogP contribution in [-0.4, -0.2) is 11.0 Å². The lowest BCUT2D eigenvalue weighted by Gasteiger charge is -2.38. The molecule has 1 N–H and O–H groups in total. The van der Waals surface area contributed by atoms with E-state index in [4.69, 9.17) is 0 Å². The molecule has 0 spiro atoms. The maximum absolute atomic E-state index is 4.07. The third kappa shape index (κ3) is 3.10. The number of benzene rings is 1. The molecule has 3 heteroatoms. The topological polar surface area (TPSA) is 24.9 Å². The molecule has 3 rings (SSSR count). The normalized spacial score (nSPS) is 23.1. The molecule has 0 amide bonds. The van der Waals surface area contributed by atoms with Gasteiger partial charge in [-0.2, -0.15) is 0 Å². The molecule has 2 nitrogen and oxygen atoms in total. The molecule has 0 saturated heterocycles. The molecule has 0 radical (unpaired) electrons. The van der Waals surface area contributed by atoms with Gasteiger partial charge in [-0.3, -0.25) is 4.98 Å². The smallest absolute Gasteiger partial charge is 0.0295 e. The fourth-order valence-electron chi connectivity index (χ4n) is 2.89. The summed E-state index contributed by atoms with van der Waals surface area (Å²) in [4.78, 5) is 4.07. The number of hydrogen-bond acceptors (Lipinski definition) is 2. The molecule has 1 aromatic carbocycles. The van der Waals surface area contributed by atoms with Crippen LogP contribution in [0.3, 0.4) is 0 Å². The van der Waals surface area contributed by atoms with Gasteiger partial charge in [-0.15, -0.1) is 0 Å². The van der Waals surface area contributed by atoms with Gasteiger partial charge in [0.2, 0.25) is 0 Å². The van der Waals surface area contributed by atoms with E-state index >= 15 is 0 Å². The van der Waals surface area contributed by atoms with Crippen LogP contribution in [0.5, 0.6) is 0 Å². The van der Waals surface area contributed by atoms with Gasteiger partial charge in [-0.05, 0) is 61.1 Å². The van der Waals surface area contributed by atoms with Crippen LogP contribution in [0.15, 0.2) is 53.3 Å². The van der Waals surface area contributed by atoms with Gasteiger partial charge in [0.1, 0.15) is 0 Å². The van der Waals surface area contributed by atoms with Crippen molar-refractivity contribution in [3.05, 3.63) is 64.4 Å². The van der Waals surface area contributed by atoms with E-state index in [-0.39, 0.29) is 0 Å². The predicted molar refractivity (Wildman–Crippen MR) is 85.7 cm³/mol. The average molecular weight is 331 g/mol. The third-order valence-electron chi connectivity index (χ3n) is 4.15. The van der Waals surface area contributed by atoms with Crippen molar-refractivity contribution in [3.8, 4) is 0 Å². The summed E-state index contributed by atoms with van der Waals surface area (Å²) in [5, 5.41) is 3.71. The van der Waals surface area contributed by atoms with E-state index in [9.17, 15) is 0 Å². The molecule has 1 aromatic heterocycles. The Morgan fingerprint density at radius 2 is 1.95 bits per heavy atom. The van der Waals surface area contributed by atoms with Crippen molar-refractivity contribution in [1.29, 1.82) is 0 Å². The molecule has 20 heavy (non-hydrogen) atoms. The summed E-state index contributed by atoms with van der Waals surface area (Å²) in [5.74, 6) is 0.703. The first-order valence-corrected chi connectivity index (χ1v) is 7.93. The second-order valence-corrected chi connectivity index (χ2v) is 6.50. The summed E-state index contributed by atoms with van der Waals surface area (Å²) in [6.45, 7) is 2.22. The number of nitrogens with one attached hydrogen (secondary N) is 1. The molecule has 2 aromatic rings. The van der Waals surface area contributed by atoms with E-state index in [0.717, 1.165) is 0 Å². The number of aromatic nitrogens is 1. The minimum atomic E-state index is 0.395. The Morgan fingerprint density at radius 1 is 1.20 bits per heavy atom. The Bertz CT molecular complexity index is 564. The molecule has 1 aliphatic carbocycles. The molecule has 1 atom stereocenters. The van der Waals surface area contributed by atoms with Crippen molar-refractivity contribution < 1.29 is 0 Å². The monoisotopic (exact) mass is 330 g/mol. The maximum Gasteiger partial charge on any atom is 0.0295 e. The van der Waals surface area contributed by atoms with Gasteiger partial charge in [0.05, 0.1) is 0 Å². The van der Waals surface area contributed by atoms with Gasteiger partial charge in [-0.1, -0.05) is 28.1 Å². The van der Waals surface area contributed by atoms with Gasteiger partial charge >= 0.3 is 0 Å². The Hall–Kier alpha value is -1.19. The van der Waals surface area contributed by atoms with Crippen LogP contribution < -0.4 is 5.32 Å². The molecule has 0 bridgehead atoms. The summed E-state index contributed by atoms with van der Waals surface area (Å²) < 4.78 is 1.18. The van der Waals surface area contributed by atoms with Crippen LogP contribution in [0.1, 0.15) is 42.9 Å². The molecular formula is C17H19BrN2. The first-order chi connectivity index (χ1) is 9.72. The Balaban J connectivity index is 1.54. The number of pyridine rings is 1. The molecular weight excluding hydrogens is 312 g/mol. The maximum atomic E-state index is 4.07. The van der Waals surface area contributed by atoms with Crippen molar-refractivity contribution in [3.63, 3.8) is 0 Å². The highest BCUT2D eigenvalue weighted by atomic mass is 79.9. The van der Waals surface area contributed by atoms with E-state index in [0.29, 0.717) is 18.0 Å². The Kier molecular flexibility index (Phi) is 4.18. The van der Waals surface area contributed by atoms with Crippen LogP contribution in [0.2, 0.25) is 0 Å². The van der Waals surface area contributed by atoms with E-state index in [1.807, 2.05) is 12.4 Å². The lowest BCUT2D eigenvalue weighted by Crippen LogP contribution is -2.41. The van der Waals surface area contributed by atoms with E-state index in [2.05, 4.69) is 69.6 Å². The fourth-order valence-corrected chi connectivity index (χ4v) is 3.31. The molecule has 0 aliphatic heterocycles. The summed E-state index contributed by atoms with van der Waals surface area (Å²) in [6.07, 6.45) is 6.18. The predicted octanol–water partition coefficient (Wildman–Crippen LogP) is 4.44. The van der Waals surface area contributed by atoms with Crippen LogP contribution in [0.4, 0.5) is 0 Å². The summed E-state index contributed by atoms with van der Waals surface area (Å²) >= 11 is 3.55. The second kappa shape index (κ2) is 6.06. The highest BCUT2D eigenvalue weighted by molar-refractivity contribution is 9.10. The van der Waals surface area contributed by atoms with E-state index in [1.165, 1.54) is 28.4 Å². The van der Waals surface area contributed by atoms with Crippen molar-refractivity contribution in [2.75, 3.05) is 0 Å². The standard InChI is InChI=1S/C17H19BrN2/c1-12(13-5-7-19-8-6-13)20-17-10-15(11-17)14-3-2-4-16(18)9-14/h2-9,12,15,17,20H,10-11H2,1H3/t12-,15?,17?/m1/s1. The minimum absolute atomic E-state index is 0.395. The summed E-state index contributed by atoms with van der Waals surface area (Å²) in [5.41, 5.74) is 2.76. The van der Waals surface area contributed by atoms with Gasteiger partial charge in [0, 0.05) is 29.0 Å². The lowest BCUT2D eigenvalue weighted by molar-refractivity contribution is 0.271. The van der Waals surface area contributed by atoms with Crippen molar-refractivity contribution in [2.24, 2.45) is 0 Å². The number of hydrogen-bond donors (Lipinski definition) is 1. The Labute approximate surface area is 128 Å². The van der Waals surface area contributed by atoms with Crippen LogP contribution in [-0.2, 0) is 0 Å². The fraction of sp³-hybridized carbons (Fsp3) is 0.353. The van der Waals surface area contributed by atoms with Crippen molar-refractivity contribution >= 4 is 15.9 Å². The quantitative estimate of drug-likeness (QED) is 0.896. The summed E-state index contributed by atoms with van der Waals surface area (Å²) in [6, 6.07) is 13.9. The van der Waals surface area contributed by atoms with Crippen molar-refractivity contribution in [2.45, 2.75) is 37.8 Å². The Morgan fingerprint density at radius 3 is 2.65 bits per heavy atom. The zero-order valence-corrected chi connectivity index (χ0v) is 13.2. The largest absolute Gasteiger partial charge is 0.307 e. The molecule has 1 saturated carbocycles. The first kappa shape index (κ1) is 13.8. The molecule has 1 heterocycles. The number of rotatable bonds is 4. The highest BCUT2D eigenvalue weighted by Crippen LogP contribution is 2.38. The zero-order chi connectivity index (χ0) is 13.9. The zero-order valence-electron chi connectivity index (χ0n) is 11.6. The molecule has 1 aliphatic rings. The van der Waals surface area contributed by atoms with Crippen molar-refractivity contribution in [1.82, 2.24) is 10.3 Å². The second-order valence-electron chi connectivity index (χ2n) is 5.59. The van der Waals surface area contributed by atoms with Crippen LogP contribution in [0, 0.1) is 0 Å². The first-order valence-electron chi connectivity index (χ1n) is 7.14. The van der Waals surface area contributed by atoms with Gasteiger partial charge in [0.15, 0.2) is 0 Å². The van der Waals surface area contributed by atoms with Gasteiger partial charge in [-0.25, -0.2) is 0 Å². The van der Waals surface area contributed by atoms with Crippen LogP contribution in [0.25, 0.3) is 0 Å². The summed E-state index contributed by atoms with van der Waals surface area (Å²) in [7, 11) is 0. The third-order valence-corrected chi connectivity index (χ3v) is 4.64.